The zero-order chi connectivity index (χ0) is 11.8. The fourth-order valence-corrected chi connectivity index (χ4v) is 1.32. The first-order valence-electron chi connectivity index (χ1n) is 4.21. The number of halogens is 4. The van der Waals surface area contributed by atoms with Gasteiger partial charge in [0, 0.05) is 6.20 Å². The molecule has 16 heavy (non-hydrogen) atoms. The first-order chi connectivity index (χ1) is 7.48. The van der Waals surface area contributed by atoms with Crippen LogP contribution in [0.5, 0.6) is 0 Å². The van der Waals surface area contributed by atoms with E-state index in [9.17, 15) is 13.2 Å². The molecule has 2 aromatic heterocycles. The van der Waals surface area contributed by atoms with E-state index >= 15 is 0 Å². The average molecular weight is 248 g/mol. The van der Waals surface area contributed by atoms with Gasteiger partial charge in [-0.1, -0.05) is 11.6 Å². The summed E-state index contributed by atoms with van der Waals surface area (Å²) < 4.78 is 38.0. The van der Waals surface area contributed by atoms with Crippen LogP contribution in [0.15, 0.2) is 30.6 Å². The normalized spacial score (nSPS) is 11.8. The van der Waals surface area contributed by atoms with Crippen LogP contribution in [0.2, 0.25) is 5.15 Å². The molecule has 0 aromatic carbocycles. The van der Waals surface area contributed by atoms with Gasteiger partial charge in [0.1, 0.15) is 5.15 Å². The van der Waals surface area contributed by atoms with Gasteiger partial charge in [0.25, 0.3) is 0 Å². The molecule has 7 heteroatoms. The van der Waals surface area contributed by atoms with Crippen molar-refractivity contribution in [1.29, 1.82) is 0 Å². The lowest BCUT2D eigenvalue weighted by Crippen LogP contribution is -2.07. The number of nitrogens with zero attached hydrogens (tertiary/aromatic N) is 3. The Morgan fingerprint density at radius 3 is 2.38 bits per heavy atom. The van der Waals surface area contributed by atoms with Crippen molar-refractivity contribution in [2.24, 2.45) is 0 Å². The van der Waals surface area contributed by atoms with E-state index in [0.717, 1.165) is 12.3 Å². The summed E-state index contributed by atoms with van der Waals surface area (Å²) in [6.07, 6.45) is -2.21. The van der Waals surface area contributed by atoms with Gasteiger partial charge in [0.05, 0.1) is 11.8 Å². The molecule has 3 nitrogen and oxygen atoms in total. The van der Waals surface area contributed by atoms with E-state index in [1.54, 1.807) is 0 Å². The van der Waals surface area contributed by atoms with E-state index in [1.807, 2.05) is 0 Å². The third-order valence-corrected chi connectivity index (χ3v) is 2.17. The third-order valence-electron chi connectivity index (χ3n) is 1.89. The fraction of sp³-hybridized carbons (Fsp3) is 0.111. The predicted octanol–water partition coefficient (Wildman–Crippen LogP) is 2.94. The lowest BCUT2D eigenvalue weighted by molar-refractivity contribution is -0.137. The second-order valence-electron chi connectivity index (χ2n) is 2.97. The number of hydrogen-bond acceptors (Lipinski definition) is 2. The first kappa shape index (κ1) is 10.9. The fourth-order valence-electron chi connectivity index (χ4n) is 1.13. The number of alkyl halides is 3. The molecule has 0 aliphatic heterocycles. The molecule has 0 bridgehead atoms. The summed E-state index contributed by atoms with van der Waals surface area (Å²) in [5, 5.41) is 4.10. The van der Waals surface area contributed by atoms with Crippen molar-refractivity contribution in [3.8, 4) is 5.82 Å². The van der Waals surface area contributed by atoms with Crippen LogP contribution in [0.25, 0.3) is 5.82 Å². The number of hydrogen-bond donors (Lipinski definition) is 0. The van der Waals surface area contributed by atoms with Crippen LogP contribution in [-0.4, -0.2) is 14.8 Å². The summed E-state index contributed by atoms with van der Waals surface area (Å²) in [7, 11) is 0. The van der Waals surface area contributed by atoms with Crippen molar-refractivity contribution in [2.75, 3.05) is 0 Å². The minimum absolute atomic E-state index is 0.239. The maximum atomic E-state index is 12.3. The minimum Gasteiger partial charge on any atom is -0.236 e. The topological polar surface area (TPSA) is 30.7 Å². The van der Waals surface area contributed by atoms with Crippen molar-refractivity contribution in [1.82, 2.24) is 14.8 Å². The SMILES string of the molecule is FC(F)(F)c1ccc(-n2nccc2Cl)nc1. The van der Waals surface area contributed by atoms with Crippen LogP contribution in [0.3, 0.4) is 0 Å². The van der Waals surface area contributed by atoms with Gasteiger partial charge in [-0.15, -0.1) is 0 Å². The van der Waals surface area contributed by atoms with E-state index in [4.69, 9.17) is 11.6 Å². The molecule has 0 N–H and O–H groups in total. The highest BCUT2D eigenvalue weighted by Crippen LogP contribution is 2.28. The molecule has 2 rings (SSSR count). The van der Waals surface area contributed by atoms with Crippen molar-refractivity contribution >= 4 is 11.6 Å². The highest BCUT2D eigenvalue weighted by molar-refractivity contribution is 6.29. The molecule has 0 aliphatic rings. The maximum absolute atomic E-state index is 12.3. The van der Waals surface area contributed by atoms with Crippen LogP contribution in [0.1, 0.15) is 5.56 Å². The molecule has 0 amide bonds. The van der Waals surface area contributed by atoms with Gasteiger partial charge in [-0.25, -0.2) is 9.67 Å². The molecule has 0 saturated carbocycles. The molecule has 2 aromatic rings. The van der Waals surface area contributed by atoms with Gasteiger partial charge in [0.2, 0.25) is 0 Å². The van der Waals surface area contributed by atoms with E-state index in [0.29, 0.717) is 0 Å². The van der Waals surface area contributed by atoms with Gasteiger partial charge < -0.3 is 0 Å². The smallest absolute Gasteiger partial charge is 0.236 e. The Kier molecular flexibility index (Phi) is 2.59. The Balaban J connectivity index is 2.37. The zero-order valence-electron chi connectivity index (χ0n) is 7.74. The van der Waals surface area contributed by atoms with Gasteiger partial charge in [-0.2, -0.15) is 18.3 Å². The Morgan fingerprint density at radius 1 is 1.19 bits per heavy atom. The van der Waals surface area contributed by atoms with Crippen molar-refractivity contribution in [3.05, 3.63) is 41.3 Å². The Bertz CT molecular complexity index is 489. The predicted molar refractivity (Wildman–Crippen MR) is 51.4 cm³/mol. The highest BCUT2D eigenvalue weighted by atomic mass is 35.5. The quantitative estimate of drug-likeness (QED) is 0.776. The summed E-state index contributed by atoms with van der Waals surface area (Å²) in [4.78, 5) is 3.64. The monoisotopic (exact) mass is 247 g/mol. The molecule has 0 saturated heterocycles. The van der Waals surface area contributed by atoms with Crippen molar-refractivity contribution in [2.45, 2.75) is 6.18 Å². The molecule has 0 fully saturated rings. The van der Waals surface area contributed by atoms with Crippen molar-refractivity contribution < 1.29 is 13.2 Å². The summed E-state index contributed by atoms with van der Waals surface area (Å²) in [6.45, 7) is 0. The molecular weight excluding hydrogens is 243 g/mol. The van der Waals surface area contributed by atoms with Crippen LogP contribution in [0.4, 0.5) is 13.2 Å². The molecule has 0 atom stereocenters. The van der Waals surface area contributed by atoms with E-state index in [1.165, 1.54) is 23.0 Å². The van der Waals surface area contributed by atoms with Gasteiger partial charge in [-0.3, -0.25) is 0 Å². The second-order valence-corrected chi connectivity index (χ2v) is 3.36. The lowest BCUT2D eigenvalue weighted by atomic mass is 10.3. The lowest BCUT2D eigenvalue weighted by Gasteiger charge is -2.07. The third kappa shape index (κ3) is 2.01. The van der Waals surface area contributed by atoms with E-state index < -0.39 is 11.7 Å². The Morgan fingerprint density at radius 2 is 1.94 bits per heavy atom. The van der Waals surface area contributed by atoms with E-state index in [2.05, 4.69) is 10.1 Å². The number of pyridine rings is 1. The molecule has 0 aliphatic carbocycles. The first-order valence-corrected chi connectivity index (χ1v) is 4.59. The van der Waals surface area contributed by atoms with Crippen LogP contribution in [-0.2, 0) is 6.18 Å². The summed E-state index contributed by atoms with van der Waals surface area (Å²) in [6, 6.07) is 3.66. The Hall–Kier alpha value is -1.56. The molecular formula is C9H5ClF3N3. The molecule has 2 heterocycles. The number of rotatable bonds is 1. The summed E-state index contributed by atoms with van der Waals surface area (Å²) in [5.41, 5.74) is -0.806. The molecule has 84 valence electrons. The molecule has 0 radical (unpaired) electrons. The average Bonchev–Trinajstić information content (AvgIpc) is 2.63. The summed E-state index contributed by atoms with van der Waals surface area (Å²) >= 11 is 5.74. The maximum Gasteiger partial charge on any atom is 0.417 e. The molecule has 0 spiro atoms. The molecule has 0 unspecified atom stereocenters. The largest absolute Gasteiger partial charge is 0.417 e. The van der Waals surface area contributed by atoms with Gasteiger partial charge in [-0.05, 0) is 18.2 Å². The van der Waals surface area contributed by atoms with Crippen LogP contribution < -0.4 is 0 Å². The standard InChI is InChI=1S/C9H5ClF3N3/c10-7-3-4-15-16(7)8-2-1-6(5-14-8)9(11,12)13/h1-5H. The van der Waals surface area contributed by atoms with E-state index in [-0.39, 0.29) is 11.0 Å². The van der Waals surface area contributed by atoms with Gasteiger partial charge >= 0.3 is 6.18 Å². The second kappa shape index (κ2) is 3.79. The van der Waals surface area contributed by atoms with Crippen LogP contribution >= 0.6 is 11.6 Å². The van der Waals surface area contributed by atoms with Crippen LogP contribution in [0, 0.1) is 0 Å². The minimum atomic E-state index is -4.39. The highest BCUT2D eigenvalue weighted by Gasteiger charge is 2.30. The van der Waals surface area contributed by atoms with Gasteiger partial charge in [0.15, 0.2) is 5.82 Å². The van der Waals surface area contributed by atoms with Crippen molar-refractivity contribution in [3.63, 3.8) is 0 Å². The number of aromatic nitrogens is 3. The zero-order valence-corrected chi connectivity index (χ0v) is 8.50. The Labute approximate surface area is 93.5 Å². The summed E-state index contributed by atoms with van der Waals surface area (Å²) in [5.74, 6) is 0.239.